The van der Waals surface area contributed by atoms with Gasteiger partial charge >= 0.3 is 0 Å². The van der Waals surface area contributed by atoms with Crippen molar-refractivity contribution in [1.29, 1.82) is 0 Å². The van der Waals surface area contributed by atoms with Gasteiger partial charge in [0.1, 0.15) is 5.75 Å². The molecule has 0 aliphatic carbocycles. The molecule has 1 saturated heterocycles. The third-order valence-electron chi connectivity index (χ3n) is 4.36. The molecule has 2 aromatic carbocycles. The van der Waals surface area contributed by atoms with Gasteiger partial charge in [-0.1, -0.05) is 24.3 Å². The van der Waals surface area contributed by atoms with Crippen molar-refractivity contribution < 1.29 is 22.7 Å². The molecule has 2 aromatic rings. The number of nitrogens with one attached hydrogen (secondary N) is 1. The fourth-order valence-corrected chi connectivity index (χ4v) is 4.29. The maximum absolute atomic E-state index is 12.6. The molecule has 1 aliphatic rings. The van der Waals surface area contributed by atoms with E-state index in [2.05, 4.69) is 5.32 Å². The number of hydrogen-bond donors (Lipinski definition) is 1. The molecule has 0 aromatic heterocycles. The number of carbonyl (C=O) groups is 1. The highest BCUT2D eigenvalue weighted by atomic mass is 32.2. The zero-order chi connectivity index (χ0) is 20.7. The average Bonchev–Trinajstić information content (AvgIpc) is 2.75. The molecule has 0 atom stereocenters. The summed E-state index contributed by atoms with van der Waals surface area (Å²) >= 11 is 0. The topological polar surface area (TPSA) is 84.9 Å². The van der Waals surface area contributed by atoms with E-state index in [4.69, 9.17) is 9.47 Å². The number of para-hydroxylation sites is 2. The molecule has 8 heteroatoms. The van der Waals surface area contributed by atoms with Crippen molar-refractivity contribution in [2.75, 3.05) is 38.2 Å². The number of nitrogens with zero attached hydrogens (tertiary/aromatic N) is 1. The first-order valence-electron chi connectivity index (χ1n) is 9.39. The van der Waals surface area contributed by atoms with Crippen molar-refractivity contribution in [1.82, 2.24) is 4.31 Å². The third-order valence-corrected chi connectivity index (χ3v) is 6.27. The Labute approximate surface area is 171 Å². The van der Waals surface area contributed by atoms with Crippen molar-refractivity contribution in [3.8, 4) is 5.75 Å². The highest BCUT2D eigenvalue weighted by molar-refractivity contribution is 7.89. The lowest BCUT2D eigenvalue weighted by Gasteiger charge is -2.26. The molecule has 7 nitrogen and oxygen atoms in total. The Morgan fingerprint density at radius 1 is 1.14 bits per heavy atom. The standard InChI is InChI=1S/C21H24N2O5S/c1-2-28-20-6-4-3-5-19(20)22-21(24)12-9-17-7-10-18(11-8-17)29(25,26)23-13-15-27-16-14-23/h3-12H,2,13-16H2,1H3,(H,22,24)/b12-9-. The molecule has 1 amide bonds. The monoisotopic (exact) mass is 416 g/mol. The van der Waals surface area contributed by atoms with Crippen LogP contribution in [0.5, 0.6) is 5.75 Å². The maximum atomic E-state index is 12.6. The van der Waals surface area contributed by atoms with Crippen LogP contribution in [0.2, 0.25) is 0 Å². The summed E-state index contributed by atoms with van der Waals surface area (Å²) < 4.78 is 37.4. The Hall–Kier alpha value is -2.68. The smallest absolute Gasteiger partial charge is 0.248 e. The third kappa shape index (κ3) is 5.44. The molecule has 29 heavy (non-hydrogen) atoms. The summed E-state index contributed by atoms with van der Waals surface area (Å²) in [6.45, 7) is 3.90. The van der Waals surface area contributed by atoms with Gasteiger partial charge in [-0.25, -0.2) is 8.42 Å². The van der Waals surface area contributed by atoms with Gasteiger partial charge in [-0.2, -0.15) is 4.31 Å². The first kappa shape index (κ1) is 21.0. The van der Waals surface area contributed by atoms with Crippen LogP contribution in [0.1, 0.15) is 12.5 Å². The maximum Gasteiger partial charge on any atom is 0.248 e. The number of anilines is 1. The fourth-order valence-electron chi connectivity index (χ4n) is 2.88. The molecule has 1 fully saturated rings. The van der Waals surface area contributed by atoms with Gasteiger partial charge in [0.2, 0.25) is 15.9 Å². The molecule has 0 radical (unpaired) electrons. The van der Waals surface area contributed by atoms with Crippen LogP contribution >= 0.6 is 0 Å². The highest BCUT2D eigenvalue weighted by Gasteiger charge is 2.25. The minimum absolute atomic E-state index is 0.228. The van der Waals surface area contributed by atoms with E-state index in [1.807, 2.05) is 19.1 Å². The molecule has 0 saturated carbocycles. The van der Waals surface area contributed by atoms with E-state index in [1.165, 1.54) is 10.4 Å². The van der Waals surface area contributed by atoms with Gasteiger partial charge in [-0.3, -0.25) is 4.79 Å². The Morgan fingerprint density at radius 3 is 2.52 bits per heavy atom. The van der Waals surface area contributed by atoms with Crippen LogP contribution in [0.3, 0.4) is 0 Å². The Kier molecular flexibility index (Phi) is 7.03. The number of ether oxygens (including phenoxy) is 2. The van der Waals surface area contributed by atoms with E-state index in [9.17, 15) is 13.2 Å². The number of carbonyl (C=O) groups excluding carboxylic acids is 1. The van der Waals surface area contributed by atoms with Crippen LogP contribution in [-0.2, 0) is 19.6 Å². The Balaban J connectivity index is 1.65. The van der Waals surface area contributed by atoms with Gasteiger partial charge in [0.05, 0.1) is 30.4 Å². The van der Waals surface area contributed by atoms with Crippen LogP contribution in [0.4, 0.5) is 5.69 Å². The number of rotatable bonds is 7. The summed E-state index contributed by atoms with van der Waals surface area (Å²) in [5.41, 5.74) is 1.31. The van der Waals surface area contributed by atoms with Crippen LogP contribution in [0.15, 0.2) is 59.5 Å². The van der Waals surface area contributed by atoms with Gasteiger partial charge in [-0.05, 0) is 42.8 Å². The molecule has 154 valence electrons. The van der Waals surface area contributed by atoms with Gasteiger partial charge in [0.25, 0.3) is 0 Å². The lowest BCUT2D eigenvalue weighted by atomic mass is 10.2. The summed E-state index contributed by atoms with van der Waals surface area (Å²) in [7, 11) is -3.52. The van der Waals surface area contributed by atoms with Crippen LogP contribution < -0.4 is 10.1 Å². The second kappa shape index (κ2) is 9.69. The highest BCUT2D eigenvalue weighted by Crippen LogP contribution is 2.23. The lowest BCUT2D eigenvalue weighted by Crippen LogP contribution is -2.40. The van der Waals surface area contributed by atoms with E-state index < -0.39 is 10.0 Å². The second-order valence-corrected chi connectivity index (χ2v) is 8.28. The van der Waals surface area contributed by atoms with Crippen molar-refractivity contribution in [3.05, 3.63) is 60.2 Å². The summed E-state index contributed by atoms with van der Waals surface area (Å²) in [4.78, 5) is 12.4. The number of morpholine rings is 1. The zero-order valence-corrected chi connectivity index (χ0v) is 17.0. The second-order valence-electron chi connectivity index (χ2n) is 6.34. The zero-order valence-electron chi connectivity index (χ0n) is 16.2. The van der Waals surface area contributed by atoms with Gasteiger partial charge in [0, 0.05) is 19.2 Å². The number of amides is 1. The lowest BCUT2D eigenvalue weighted by molar-refractivity contribution is -0.111. The normalized spacial score (nSPS) is 15.3. The summed E-state index contributed by atoms with van der Waals surface area (Å²) in [5.74, 6) is 0.302. The van der Waals surface area contributed by atoms with Gasteiger partial charge < -0.3 is 14.8 Å². The molecule has 0 spiro atoms. The predicted octanol–water partition coefficient (Wildman–Crippen LogP) is 2.76. The fraction of sp³-hybridized carbons (Fsp3) is 0.286. The Bertz CT molecular complexity index is 965. The van der Waals surface area contributed by atoms with E-state index >= 15 is 0 Å². The van der Waals surface area contributed by atoms with Crippen molar-refractivity contribution >= 4 is 27.7 Å². The molecule has 0 bridgehead atoms. The quantitative estimate of drug-likeness (QED) is 0.702. The molecule has 1 heterocycles. The molecule has 1 aliphatic heterocycles. The number of hydrogen-bond acceptors (Lipinski definition) is 5. The first-order chi connectivity index (χ1) is 14.0. The summed E-state index contributed by atoms with van der Waals surface area (Å²) in [5, 5.41) is 2.78. The summed E-state index contributed by atoms with van der Waals surface area (Å²) in [6.07, 6.45) is 3.03. The molecular weight excluding hydrogens is 392 g/mol. The Morgan fingerprint density at radius 2 is 1.83 bits per heavy atom. The van der Waals surface area contributed by atoms with Crippen molar-refractivity contribution in [3.63, 3.8) is 0 Å². The van der Waals surface area contributed by atoms with Gasteiger partial charge in [-0.15, -0.1) is 0 Å². The van der Waals surface area contributed by atoms with Crippen LogP contribution in [0.25, 0.3) is 6.08 Å². The van der Waals surface area contributed by atoms with E-state index in [0.717, 1.165) is 5.56 Å². The van der Waals surface area contributed by atoms with Crippen molar-refractivity contribution in [2.24, 2.45) is 0 Å². The molecule has 0 unspecified atom stereocenters. The first-order valence-corrected chi connectivity index (χ1v) is 10.8. The van der Waals surface area contributed by atoms with E-state index in [0.29, 0.717) is 44.3 Å². The molecule has 3 rings (SSSR count). The SMILES string of the molecule is CCOc1ccccc1NC(=O)/C=C\c1ccc(S(=O)(=O)N2CCOCC2)cc1. The van der Waals surface area contributed by atoms with E-state index in [1.54, 1.807) is 42.5 Å². The summed E-state index contributed by atoms with van der Waals surface area (Å²) in [6, 6.07) is 13.6. The number of sulfonamides is 1. The van der Waals surface area contributed by atoms with Crippen LogP contribution in [0, 0.1) is 0 Å². The van der Waals surface area contributed by atoms with Gasteiger partial charge in [0.15, 0.2) is 0 Å². The number of benzene rings is 2. The predicted molar refractivity (Wildman–Crippen MR) is 111 cm³/mol. The minimum atomic E-state index is -3.52. The average molecular weight is 416 g/mol. The largest absolute Gasteiger partial charge is 0.492 e. The van der Waals surface area contributed by atoms with E-state index in [-0.39, 0.29) is 10.8 Å². The molecule has 1 N–H and O–H groups in total. The molecular formula is C21H24N2O5S. The van der Waals surface area contributed by atoms with Crippen LogP contribution in [-0.4, -0.2) is 51.5 Å². The van der Waals surface area contributed by atoms with Crippen molar-refractivity contribution in [2.45, 2.75) is 11.8 Å². The minimum Gasteiger partial charge on any atom is -0.492 e.